The number of amides is 1. The number of hydrogen-bond acceptors (Lipinski definition) is 4. The van der Waals surface area contributed by atoms with E-state index < -0.39 is 22.5 Å². The molecule has 0 saturated heterocycles. The van der Waals surface area contributed by atoms with Gasteiger partial charge in [-0.1, -0.05) is 29.3 Å². The van der Waals surface area contributed by atoms with Gasteiger partial charge in [-0.3, -0.25) is 4.79 Å². The van der Waals surface area contributed by atoms with Crippen LogP contribution in [0.5, 0.6) is 5.75 Å². The molecule has 0 aliphatic carbocycles. The molecule has 0 radical (unpaired) electrons. The van der Waals surface area contributed by atoms with Crippen LogP contribution in [-0.2, 0) is 14.8 Å². The third-order valence-electron chi connectivity index (χ3n) is 3.02. The van der Waals surface area contributed by atoms with Gasteiger partial charge in [0.1, 0.15) is 5.75 Å². The summed E-state index contributed by atoms with van der Waals surface area (Å²) < 4.78 is 31.4. The summed E-state index contributed by atoms with van der Waals surface area (Å²) in [4.78, 5) is 11.9. The highest BCUT2D eigenvalue weighted by molar-refractivity contribution is 7.89. The zero-order chi connectivity index (χ0) is 17.7. The average molecular weight is 389 g/mol. The summed E-state index contributed by atoms with van der Waals surface area (Å²) in [5.74, 6) is -0.0430. The van der Waals surface area contributed by atoms with Crippen molar-refractivity contribution in [2.75, 3.05) is 19.0 Å². The van der Waals surface area contributed by atoms with E-state index in [1.807, 2.05) is 0 Å². The molecule has 2 N–H and O–H groups in total. The zero-order valence-corrected chi connectivity index (χ0v) is 14.9. The average Bonchev–Trinajstić information content (AvgIpc) is 2.57. The molecule has 0 aromatic heterocycles. The van der Waals surface area contributed by atoms with Crippen LogP contribution in [0, 0.1) is 0 Å². The molecule has 0 unspecified atom stereocenters. The molecule has 1 amide bonds. The molecule has 2 rings (SSSR count). The topological polar surface area (TPSA) is 84.5 Å². The number of benzene rings is 2. The summed E-state index contributed by atoms with van der Waals surface area (Å²) >= 11 is 11.8. The van der Waals surface area contributed by atoms with E-state index >= 15 is 0 Å². The van der Waals surface area contributed by atoms with E-state index in [2.05, 4.69) is 10.0 Å². The molecule has 9 heteroatoms. The molecule has 0 saturated carbocycles. The van der Waals surface area contributed by atoms with Crippen molar-refractivity contribution in [2.45, 2.75) is 4.90 Å². The minimum atomic E-state index is -3.82. The minimum Gasteiger partial charge on any atom is -0.497 e. The molecule has 2 aromatic rings. The quantitative estimate of drug-likeness (QED) is 0.796. The van der Waals surface area contributed by atoms with Crippen molar-refractivity contribution in [3.63, 3.8) is 0 Å². The second-order valence-electron chi connectivity index (χ2n) is 4.65. The minimum absolute atomic E-state index is 0.0249. The summed E-state index contributed by atoms with van der Waals surface area (Å²) in [6.45, 7) is -0.447. The Hall–Kier alpha value is -1.80. The van der Waals surface area contributed by atoms with Gasteiger partial charge >= 0.3 is 0 Å². The monoisotopic (exact) mass is 388 g/mol. The fourth-order valence-corrected chi connectivity index (χ4v) is 3.12. The van der Waals surface area contributed by atoms with Crippen molar-refractivity contribution >= 4 is 44.8 Å². The molecule has 0 aliphatic rings. The summed E-state index contributed by atoms with van der Waals surface area (Å²) in [6.07, 6.45) is 0. The molecule has 0 fully saturated rings. The maximum atomic E-state index is 12.1. The zero-order valence-electron chi connectivity index (χ0n) is 12.5. The molecular formula is C15H14Cl2N2O4S. The maximum Gasteiger partial charge on any atom is 0.241 e. The molecule has 0 spiro atoms. The fraction of sp³-hybridized carbons (Fsp3) is 0.133. The van der Waals surface area contributed by atoms with E-state index in [0.29, 0.717) is 11.4 Å². The van der Waals surface area contributed by atoms with E-state index in [0.717, 1.165) is 0 Å². The smallest absolute Gasteiger partial charge is 0.241 e. The van der Waals surface area contributed by atoms with Crippen LogP contribution in [0.4, 0.5) is 5.69 Å². The lowest BCUT2D eigenvalue weighted by Crippen LogP contribution is -2.32. The largest absolute Gasteiger partial charge is 0.497 e. The van der Waals surface area contributed by atoms with Gasteiger partial charge in [0.2, 0.25) is 15.9 Å². The predicted molar refractivity (Wildman–Crippen MR) is 93.3 cm³/mol. The Balaban J connectivity index is 2.00. The first-order chi connectivity index (χ1) is 11.3. The van der Waals surface area contributed by atoms with Crippen molar-refractivity contribution in [2.24, 2.45) is 0 Å². The van der Waals surface area contributed by atoms with Crippen LogP contribution in [0.3, 0.4) is 0 Å². The molecular weight excluding hydrogens is 375 g/mol. The van der Waals surface area contributed by atoms with Gasteiger partial charge < -0.3 is 10.1 Å². The van der Waals surface area contributed by atoms with Crippen molar-refractivity contribution in [1.29, 1.82) is 0 Å². The summed E-state index contributed by atoms with van der Waals surface area (Å²) in [6, 6.07) is 10.5. The molecule has 128 valence electrons. The normalized spacial score (nSPS) is 11.1. The first kappa shape index (κ1) is 18.5. The van der Waals surface area contributed by atoms with Gasteiger partial charge in [-0.25, -0.2) is 13.1 Å². The Morgan fingerprint density at radius 1 is 1.12 bits per heavy atom. The summed E-state index contributed by atoms with van der Waals surface area (Å²) in [7, 11) is -2.34. The van der Waals surface area contributed by atoms with E-state index in [-0.39, 0.29) is 14.9 Å². The highest BCUT2D eigenvalue weighted by Gasteiger charge is 2.16. The Morgan fingerprint density at radius 3 is 2.42 bits per heavy atom. The molecule has 0 heterocycles. The second kappa shape index (κ2) is 7.85. The number of rotatable bonds is 6. The fourth-order valence-electron chi connectivity index (χ4n) is 1.79. The van der Waals surface area contributed by atoms with Crippen molar-refractivity contribution in [3.8, 4) is 5.75 Å². The standard InChI is InChI=1S/C15H14Cl2N2O4S/c1-23-10-5-7-11(8-6-10)24(21,22)18-9-14(20)19-13-4-2-3-12(16)15(13)17/h2-8,18H,9H2,1H3,(H,19,20). The first-order valence-corrected chi connectivity index (χ1v) is 8.95. The number of hydrogen-bond donors (Lipinski definition) is 2. The molecule has 2 aromatic carbocycles. The number of carbonyl (C=O) groups is 1. The predicted octanol–water partition coefficient (Wildman–Crippen LogP) is 2.92. The van der Waals surface area contributed by atoms with Gasteiger partial charge in [0.05, 0.1) is 34.3 Å². The Morgan fingerprint density at radius 2 is 1.79 bits per heavy atom. The SMILES string of the molecule is COc1ccc(S(=O)(=O)NCC(=O)Nc2cccc(Cl)c2Cl)cc1. The third kappa shape index (κ3) is 4.61. The van der Waals surface area contributed by atoms with Crippen molar-refractivity contribution in [3.05, 3.63) is 52.5 Å². The van der Waals surface area contributed by atoms with Crippen LogP contribution in [0.15, 0.2) is 47.4 Å². The van der Waals surface area contributed by atoms with Crippen molar-refractivity contribution < 1.29 is 17.9 Å². The third-order valence-corrected chi connectivity index (χ3v) is 5.25. The van der Waals surface area contributed by atoms with E-state index in [1.165, 1.54) is 31.4 Å². The van der Waals surface area contributed by atoms with Gasteiger partial charge in [0.25, 0.3) is 0 Å². The Kier molecular flexibility index (Phi) is 6.06. The van der Waals surface area contributed by atoms with E-state index in [9.17, 15) is 13.2 Å². The lowest BCUT2D eigenvalue weighted by molar-refractivity contribution is -0.115. The van der Waals surface area contributed by atoms with Gasteiger partial charge in [0.15, 0.2) is 0 Å². The number of methoxy groups -OCH3 is 1. The summed E-state index contributed by atoms with van der Waals surface area (Å²) in [5.41, 5.74) is 0.304. The van der Waals surface area contributed by atoms with Crippen LogP contribution in [-0.4, -0.2) is 28.0 Å². The number of anilines is 1. The molecule has 0 bridgehead atoms. The lowest BCUT2D eigenvalue weighted by atomic mass is 10.3. The van der Waals surface area contributed by atoms with Gasteiger partial charge in [-0.2, -0.15) is 0 Å². The molecule has 0 atom stereocenters. The van der Waals surface area contributed by atoms with Crippen LogP contribution < -0.4 is 14.8 Å². The number of carbonyl (C=O) groups excluding carboxylic acids is 1. The summed E-state index contributed by atoms with van der Waals surface area (Å²) in [5, 5.41) is 2.96. The highest BCUT2D eigenvalue weighted by atomic mass is 35.5. The van der Waals surface area contributed by atoms with E-state index in [4.69, 9.17) is 27.9 Å². The van der Waals surface area contributed by atoms with Crippen molar-refractivity contribution in [1.82, 2.24) is 4.72 Å². The molecule has 24 heavy (non-hydrogen) atoms. The highest BCUT2D eigenvalue weighted by Crippen LogP contribution is 2.29. The maximum absolute atomic E-state index is 12.1. The molecule has 6 nitrogen and oxygen atoms in total. The second-order valence-corrected chi connectivity index (χ2v) is 7.20. The number of sulfonamides is 1. The van der Waals surface area contributed by atoms with E-state index in [1.54, 1.807) is 18.2 Å². The first-order valence-electron chi connectivity index (χ1n) is 6.71. The van der Waals surface area contributed by atoms with Gasteiger partial charge in [0, 0.05) is 0 Å². The van der Waals surface area contributed by atoms with Gasteiger partial charge in [-0.15, -0.1) is 0 Å². The van der Waals surface area contributed by atoms with Gasteiger partial charge in [-0.05, 0) is 36.4 Å². The van der Waals surface area contributed by atoms with Crippen LogP contribution in [0.2, 0.25) is 10.0 Å². The Labute approximate surface area is 149 Å². The van der Waals surface area contributed by atoms with Crippen LogP contribution in [0.1, 0.15) is 0 Å². The van der Waals surface area contributed by atoms with Crippen LogP contribution >= 0.6 is 23.2 Å². The number of halogens is 2. The lowest BCUT2D eigenvalue weighted by Gasteiger charge is -2.10. The Bertz CT molecular complexity index is 839. The number of nitrogens with one attached hydrogen (secondary N) is 2. The molecule has 0 aliphatic heterocycles. The van der Waals surface area contributed by atoms with Crippen LogP contribution in [0.25, 0.3) is 0 Å². The number of ether oxygens (including phenoxy) is 1.